The predicted molar refractivity (Wildman–Crippen MR) is 92.8 cm³/mol. The Morgan fingerprint density at radius 3 is 2.36 bits per heavy atom. The molecule has 2 rings (SSSR count). The summed E-state index contributed by atoms with van der Waals surface area (Å²) in [6.45, 7) is 7.11. The first-order valence-electron chi connectivity index (χ1n) is 7.13. The first-order chi connectivity index (χ1) is 9.58. The molecule has 1 amide bonds. The van der Waals surface area contributed by atoms with Crippen LogP contribution in [0.25, 0.3) is 0 Å². The minimum atomic E-state index is -0.377. The van der Waals surface area contributed by atoms with Gasteiger partial charge in [0.25, 0.3) is 0 Å². The van der Waals surface area contributed by atoms with Gasteiger partial charge < -0.3 is 15.5 Å². The highest BCUT2D eigenvalue weighted by Crippen LogP contribution is 2.13. The molecule has 1 saturated heterocycles. The zero-order chi connectivity index (χ0) is 14.5. The van der Waals surface area contributed by atoms with Crippen molar-refractivity contribution in [2.75, 3.05) is 31.1 Å². The van der Waals surface area contributed by atoms with Gasteiger partial charge in [0.2, 0.25) is 5.91 Å². The van der Waals surface area contributed by atoms with Crippen molar-refractivity contribution in [2.45, 2.75) is 26.3 Å². The number of nitrogens with zero attached hydrogens (tertiary/aromatic N) is 4. The highest BCUT2D eigenvalue weighted by atomic mass is 35.5. The van der Waals surface area contributed by atoms with Crippen molar-refractivity contribution in [3.05, 3.63) is 18.6 Å². The number of carbonyl (C=O) groups is 1. The van der Waals surface area contributed by atoms with Crippen LogP contribution in [0.4, 0.5) is 5.82 Å². The molecule has 2 N–H and O–H groups in total. The molecule has 1 aliphatic rings. The van der Waals surface area contributed by atoms with E-state index in [1.165, 1.54) is 0 Å². The van der Waals surface area contributed by atoms with Crippen LogP contribution >= 0.6 is 24.8 Å². The number of rotatable bonds is 4. The summed E-state index contributed by atoms with van der Waals surface area (Å²) in [5.41, 5.74) is 5.97. The van der Waals surface area contributed by atoms with E-state index in [1.54, 1.807) is 18.6 Å². The smallest absolute Gasteiger partial charge is 0.239 e. The molecule has 0 radical (unpaired) electrons. The molecule has 0 aromatic carbocycles. The number of aromatic nitrogens is 2. The lowest BCUT2D eigenvalue weighted by molar-refractivity contribution is -0.133. The van der Waals surface area contributed by atoms with Gasteiger partial charge in [0.1, 0.15) is 5.82 Å². The number of carbonyl (C=O) groups excluding carboxylic acids is 1. The lowest BCUT2D eigenvalue weighted by Crippen LogP contribution is -2.53. The molecule has 1 aliphatic heterocycles. The Bertz CT molecular complexity index is 438. The van der Waals surface area contributed by atoms with Crippen LogP contribution in [0.15, 0.2) is 18.6 Å². The highest BCUT2D eigenvalue weighted by Gasteiger charge is 2.26. The standard InChI is InChI=1S/C14H23N5O.2ClH/c1-11(2)9-12(15)14(20)19-7-5-18(6-8-19)13-10-16-3-4-17-13;;/h3-4,10-12H,5-9,15H2,1-2H3;2*1H/t12-;;/m0../s1. The maximum absolute atomic E-state index is 12.2. The minimum Gasteiger partial charge on any atom is -0.352 e. The van der Waals surface area contributed by atoms with Gasteiger partial charge in [-0.15, -0.1) is 24.8 Å². The average molecular weight is 350 g/mol. The van der Waals surface area contributed by atoms with E-state index in [-0.39, 0.29) is 36.8 Å². The van der Waals surface area contributed by atoms with Crippen molar-refractivity contribution in [3.8, 4) is 0 Å². The zero-order valence-electron chi connectivity index (χ0n) is 13.0. The lowest BCUT2D eigenvalue weighted by atomic mass is 10.0. The predicted octanol–water partition coefficient (Wildman–Crippen LogP) is 1.34. The highest BCUT2D eigenvalue weighted by molar-refractivity contribution is 5.85. The molecule has 1 aromatic heterocycles. The van der Waals surface area contributed by atoms with E-state index in [2.05, 4.69) is 28.7 Å². The Balaban J connectivity index is 0.00000220. The van der Waals surface area contributed by atoms with Crippen molar-refractivity contribution in [3.63, 3.8) is 0 Å². The molecule has 0 bridgehead atoms. The summed E-state index contributed by atoms with van der Waals surface area (Å²) >= 11 is 0. The van der Waals surface area contributed by atoms with Crippen LogP contribution in [-0.2, 0) is 4.79 Å². The van der Waals surface area contributed by atoms with E-state index >= 15 is 0 Å². The Morgan fingerprint density at radius 2 is 1.86 bits per heavy atom. The largest absolute Gasteiger partial charge is 0.352 e. The number of hydrogen-bond donors (Lipinski definition) is 1. The van der Waals surface area contributed by atoms with Gasteiger partial charge in [0.15, 0.2) is 0 Å². The van der Waals surface area contributed by atoms with E-state index in [4.69, 9.17) is 5.73 Å². The summed E-state index contributed by atoms with van der Waals surface area (Å²) in [4.78, 5) is 24.6. The van der Waals surface area contributed by atoms with Crippen LogP contribution in [0.1, 0.15) is 20.3 Å². The summed E-state index contributed by atoms with van der Waals surface area (Å²) < 4.78 is 0. The van der Waals surface area contributed by atoms with Crippen LogP contribution in [0.5, 0.6) is 0 Å². The molecule has 0 saturated carbocycles. The van der Waals surface area contributed by atoms with E-state index in [0.717, 1.165) is 25.3 Å². The van der Waals surface area contributed by atoms with E-state index in [9.17, 15) is 4.79 Å². The second-order valence-electron chi connectivity index (χ2n) is 5.61. The lowest BCUT2D eigenvalue weighted by Gasteiger charge is -2.36. The molecule has 2 heterocycles. The fourth-order valence-corrected chi connectivity index (χ4v) is 2.45. The first kappa shape index (κ1) is 20.9. The van der Waals surface area contributed by atoms with Crippen LogP contribution in [-0.4, -0.2) is 53.0 Å². The van der Waals surface area contributed by atoms with Crippen molar-refractivity contribution in [1.82, 2.24) is 14.9 Å². The molecule has 1 fully saturated rings. The number of hydrogen-bond acceptors (Lipinski definition) is 5. The molecule has 6 nitrogen and oxygen atoms in total. The number of nitrogens with two attached hydrogens (primary N) is 1. The fraction of sp³-hybridized carbons (Fsp3) is 0.643. The summed E-state index contributed by atoms with van der Waals surface area (Å²) in [6.07, 6.45) is 5.84. The van der Waals surface area contributed by atoms with Gasteiger partial charge in [-0.25, -0.2) is 4.98 Å². The average Bonchev–Trinajstić information content (AvgIpc) is 2.47. The van der Waals surface area contributed by atoms with Crippen molar-refractivity contribution < 1.29 is 4.79 Å². The topological polar surface area (TPSA) is 75.4 Å². The van der Waals surface area contributed by atoms with E-state index < -0.39 is 0 Å². The molecule has 22 heavy (non-hydrogen) atoms. The molecular formula is C14H25Cl2N5O. The Labute approximate surface area is 144 Å². The van der Waals surface area contributed by atoms with Gasteiger partial charge in [-0.1, -0.05) is 13.8 Å². The fourth-order valence-electron chi connectivity index (χ4n) is 2.45. The second kappa shape index (κ2) is 9.82. The number of amides is 1. The van der Waals surface area contributed by atoms with Gasteiger partial charge in [0.05, 0.1) is 12.2 Å². The van der Waals surface area contributed by atoms with Gasteiger partial charge in [-0.2, -0.15) is 0 Å². The summed E-state index contributed by atoms with van der Waals surface area (Å²) in [5, 5.41) is 0. The number of piperazine rings is 1. The quantitative estimate of drug-likeness (QED) is 0.887. The third-order valence-electron chi connectivity index (χ3n) is 3.51. The van der Waals surface area contributed by atoms with Crippen molar-refractivity contribution >= 4 is 36.5 Å². The van der Waals surface area contributed by atoms with Crippen LogP contribution < -0.4 is 10.6 Å². The molecule has 0 spiro atoms. The maximum Gasteiger partial charge on any atom is 0.239 e. The van der Waals surface area contributed by atoms with Gasteiger partial charge >= 0.3 is 0 Å². The zero-order valence-corrected chi connectivity index (χ0v) is 14.6. The Hall–Kier alpha value is -1.11. The van der Waals surface area contributed by atoms with Gasteiger partial charge in [0, 0.05) is 38.6 Å². The van der Waals surface area contributed by atoms with E-state index in [0.29, 0.717) is 19.0 Å². The van der Waals surface area contributed by atoms with Crippen LogP contribution in [0.2, 0.25) is 0 Å². The normalized spacial score (nSPS) is 15.8. The van der Waals surface area contributed by atoms with Gasteiger partial charge in [-0.05, 0) is 12.3 Å². The molecule has 0 aliphatic carbocycles. The second-order valence-corrected chi connectivity index (χ2v) is 5.61. The Morgan fingerprint density at radius 1 is 1.23 bits per heavy atom. The van der Waals surface area contributed by atoms with Crippen molar-refractivity contribution in [2.24, 2.45) is 11.7 Å². The summed E-state index contributed by atoms with van der Waals surface area (Å²) in [7, 11) is 0. The summed E-state index contributed by atoms with van der Waals surface area (Å²) in [6, 6.07) is -0.377. The molecule has 8 heteroatoms. The monoisotopic (exact) mass is 349 g/mol. The van der Waals surface area contributed by atoms with Crippen LogP contribution in [0, 0.1) is 5.92 Å². The third kappa shape index (κ3) is 5.59. The van der Waals surface area contributed by atoms with Crippen LogP contribution in [0.3, 0.4) is 0 Å². The van der Waals surface area contributed by atoms with Crippen molar-refractivity contribution in [1.29, 1.82) is 0 Å². The third-order valence-corrected chi connectivity index (χ3v) is 3.51. The maximum atomic E-state index is 12.2. The molecule has 1 aromatic rings. The molecule has 0 unspecified atom stereocenters. The summed E-state index contributed by atoms with van der Waals surface area (Å²) in [5.74, 6) is 1.37. The first-order valence-corrected chi connectivity index (χ1v) is 7.13. The minimum absolute atomic E-state index is 0. The molecular weight excluding hydrogens is 325 g/mol. The number of anilines is 1. The Kier molecular flexibility index (Phi) is 9.32. The molecule has 126 valence electrons. The molecule has 1 atom stereocenters. The number of halogens is 2. The van der Waals surface area contributed by atoms with E-state index in [1.807, 2.05) is 4.90 Å². The van der Waals surface area contributed by atoms with Gasteiger partial charge in [-0.3, -0.25) is 9.78 Å². The SMILES string of the molecule is CC(C)C[C@H](N)C(=O)N1CCN(c2cnccn2)CC1.Cl.Cl.